The Balaban J connectivity index is 2.45. The third-order valence-electron chi connectivity index (χ3n) is 1.95. The van der Waals surface area contributed by atoms with Crippen molar-refractivity contribution in [2.75, 3.05) is 7.11 Å². The Morgan fingerprint density at radius 2 is 2.25 bits per heavy atom. The molecule has 0 radical (unpaired) electrons. The van der Waals surface area contributed by atoms with Gasteiger partial charge >= 0.3 is 0 Å². The van der Waals surface area contributed by atoms with Gasteiger partial charge in [0.1, 0.15) is 11.1 Å². The van der Waals surface area contributed by atoms with E-state index in [1.165, 1.54) is 24.5 Å². The number of aromatic nitrogens is 2. The summed E-state index contributed by atoms with van der Waals surface area (Å²) in [6.07, 6.45) is 0. The van der Waals surface area contributed by atoms with Gasteiger partial charge in [-0.3, -0.25) is 0 Å². The summed E-state index contributed by atoms with van der Waals surface area (Å²) in [7, 11) is 1.47. The summed E-state index contributed by atoms with van der Waals surface area (Å²) in [4.78, 5) is 0. The molecule has 0 amide bonds. The van der Waals surface area contributed by atoms with E-state index >= 15 is 0 Å². The number of aromatic hydroxyl groups is 1. The van der Waals surface area contributed by atoms with E-state index in [-0.39, 0.29) is 5.75 Å². The number of hydrogen-bond donors (Lipinski definition) is 1. The molecule has 2 aromatic rings. The number of benzene rings is 1. The van der Waals surface area contributed by atoms with E-state index in [1.54, 1.807) is 12.1 Å². The molecule has 1 N–H and O–H groups in total. The van der Waals surface area contributed by atoms with Crippen LogP contribution >= 0.6 is 11.3 Å². The maximum absolute atomic E-state index is 9.42. The van der Waals surface area contributed by atoms with E-state index < -0.39 is 0 Å². The minimum Gasteiger partial charge on any atom is -0.504 e. The van der Waals surface area contributed by atoms with Crippen molar-refractivity contribution in [1.29, 1.82) is 5.26 Å². The van der Waals surface area contributed by atoms with Crippen LogP contribution in [0.5, 0.6) is 11.5 Å². The molecule has 0 saturated carbocycles. The Bertz CT molecular complexity index is 559. The molecule has 80 valence electrons. The summed E-state index contributed by atoms with van der Waals surface area (Å²) in [5, 5.41) is 26.6. The highest BCUT2D eigenvalue weighted by Crippen LogP contribution is 2.32. The van der Waals surface area contributed by atoms with Gasteiger partial charge in [0.25, 0.3) is 0 Å². The molecule has 0 aliphatic rings. The number of methoxy groups -OCH3 is 1. The topological polar surface area (TPSA) is 79.0 Å². The molecule has 0 spiro atoms. The summed E-state index contributed by atoms with van der Waals surface area (Å²) in [6.45, 7) is 0. The molecule has 2 rings (SSSR count). The molecule has 0 saturated heterocycles. The Labute approximate surface area is 95.6 Å². The molecule has 0 atom stereocenters. The first-order chi connectivity index (χ1) is 7.74. The number of hydrogen-bond acceptors (Lipinski definition) is 6. The van der Waals surface area contributed by atoms with Gasteiger partial charge in [-0.15, -0.1) is 10.2 Å². The molecule has 0 aliphatic heterocycles. The van der Waals surface area contributed by atoms with Crippen molar-refractivity contribution in [2.24, 2.45) is 0 Å². The lowest BCUT2D eigenvalue weighted by Gasteiger charge is -2.03. The van der Waals surface area contributed by atoms with Crippen LogP contribution in [0.3, 0.4) is 0 Å². The number of nitriles is 1. The van der Waals surface area contributed by atoms with Crippen LogP contribution in [0.25, 0.3) is 10.6 Å². The lowest BCUT2D eigenvalue weighted by atomic mass is 10.2. The first kappa shape index (κ1) is 10.4. The summed E-state index contributed by atoms with van der Waals surface area (Å²) >= 11 is 1.19. The van der Waals surface area contributed by atoms with E-state index in [9.17, 15) is 5.11 Å². The zero-order valence-corrected chi connectivity index (χ0v) is 9.15. The molecule has 5 nitrogen and oxygen atoms in total. The predicted octanol–water partition coefficient (Wildman–Crippen LogP) is 1.79. The van der Waals surface area contributed by atoms with E-state index in [0.717, 1.165) is 5.56 Å². The molecule has 6 heteroatoms. The third kappa shape index (κ3) is 1.81. The van der Waals surface area contributed by atoms with Gasteiger partial charge in [-0.05, 0) is 18.2 Å². The number of phenolic OH excluding ortho intramolecular Hbond substituents is 1. The summed E-state index contributed by atoms with van der Waals surface area (Å²) < 4.78 is 4.98. The van der Waals surface area contributed by atoms with Crippen LogP contribution in [0.1, 0.15) is 5.01 Å². The lowest BCUT2D eigenvalue weighted by molar-refractivity contribution is 0.373. The van der Waals surface area contributed by atoms with Crippen molar-refractivity contribution in [3.05, 3.63) is 23.2 Å². The van der Waals surface area contributed by atoms with Crippen LogP contribution in [-0.2, 0) is 0 Å². The maximum atomic E-state index is 9.42. The number of nitrogens with zero attached hydrogens (tertiary/aromatic N) is 3. The third-order valence-corrected chi connectivity index (χ3v) is 2.82. The van der Waals surface area contributed by atoms with Gasteiger partial charge in [-0.1, -0.05) is 11.3 Å². The number of ether oxygens (including phenoxy) is 1. The smallest absolute Gasteiger partial charge is 0.218 e. The summed E-state index contributed by atoms with van der Waals surface area (Å²) in [5.74, 6) is 0.433. The van der Waals surface area contributed by atoms with Gasteiger partial charge in [0.15, 0.2) is 11.5 Å². The highest BCUT2D eigenvalue weighted by Gasteiger charge is 2.09. The minimum atomic E-state index is 0.0660. The normalized spacial score (nSPS) is 9.75. The van der Waals surface area contributed by atoms with Crippen molar-refractivity contribution >= 4 is 11.3 Å². The average Bonchev–Trinajstić information content (AvgIpc) is 2.78. The summed E-state index contributed by atoms with van der Waals surface area (Å²) in [6, 6.07) is 6.78. The van der Waals surface area contributed by atoms with E-state index in [2.05, 4.69) is 10.2 Å². The zero-order chi connectivity index (χ0) is 11.5. The SMILES string of the molecule is COc1cc(-c2nnc(C#N)s2)ccc1O. The van der Waals surface area contributed by atoms with Crippen molar-refractivity contribution < 1.29 is 9.84 Å². The van der Waals surface area contributed by atoms with Crippen LogP contribution in [0.4, 0.5) is 0 Å². The second-order valence-electron chi connectivity index (χ2n) is 2.91. The monoisotopic (exact) mass is 233 g/mol. The molecular weight excluding hydrogens is 226 g/mol. The second-order valence-corrected chi connectivity index (χ2v) is 3.89. The van der Waals surface area contributed by atoms with Crippen LogP contribution in [0.15, 0.2) is 18.2 Å². The molecule has 0 aliphatic carbocycles. The van der Waals surface area contributed by atoms with Crippen molar-refractivity contribution in [2.45, 2.75) is 0 Å². The van der Waals surface area contributed by atoms with Crippen molar-refractivity contribution in [3.8, 4) is 28.1 Å². The Morgan fingerprint density at radius 1 is 1.44 bits per heavy atom. The number of phenols is 1. The maximum Gasteiger partial charge on any atom is 0.218 e. The van der Waals surface area contributed by atoms with Crippen LogP contribution in [-0.4, -0.2) is 22.4 Å². The summed E-state index contributed by atoms with van der Waals surface area (Å²) in [5.41, 5.74) is 0.758. The minimum absolute atomic E-state index is 0.0660. The fourth-order valence-corrected chi connectivity index (χ4v) is 1.83. The quantitative estimate of drug-likeness (QED) is 0.855. The molecule has 0 fully saturated rings. The van der Waals surface area contributed by atoms with Crippen molar-refractivity contribution in [1.82, 2.24) is 10.2 Å². The number of rotatable bonds is 2. The van der Waals surface area contributed by atoms with E-state index in [4.69, 9.17) is 10.00 Å². The van der Waals surface area contributed by atoms with Crippen LogP contribution in [0.2, 0.25) is 0 Å². The van der Waals surface area contributed by atoms with Crippen LogP contribution in [0, 0.1) is 11.3 Å². The molecule has 16 heavy (non-hydrogen) atoms. The van der Waals surface area contributed by atoms with Gasteiger partial charge in [0, 0.05) is 5.56 Å². The van der Waals surface area contributed by atoms with Gasteiger partial charge in [-0.25, -0.2) is 0 Å². The molecular formula is C10H7N3O2S. The fraction of sp³-hybridized carbons (Fsp3) is 0.100. The largest absolute Gasteiger partial charge is 0.504 e. The second kappa shape index (κ2) is 4.16. The van der Waals surface area contributed by atoms with Gasteiger partial charge < -0.3 is 9.84 Å². The zero-order valence-electron chi connectivity index (χ0n) is 8.34. The molecule has 0 unspecified atom stereocenters. The Morgan fingerprint density at radius 3 is 2.88 bits per heavy atom. The average molecular weight is 233 g/mol. The molecule has 1 aromatic carbocycles. The van der Waals surface area contributed by atoms with Gasteiger partial charge in [-0.2, -0.15) is 5.26 Å². The standard InChI is InChI=1S/C10H7N3O2S/c1-15-8-4-6(2-3-7(8)14)10-13-12-9(5-11)16-10/h2-4,14H,1H3. The Hall–Kier alpha value is -2.13. The lowest BCUT2D eigenvalue weighted by Crippen LogP contribution is -1.84. The van der Waals surface area contributed by atoms with Gasteiger partial charge in [0.05, 0.1) is 7.11 Å². The van der Waals surface area contributed by atoms with E-state index in [0.29, 0.717) is 15.8 Å². The van der Waals surface area contributed by atoms with E-state index in [1.807, 2.05) is 6.07 Å². The highest BCUT2D eigenvalue weighted by molar-refractivity contribution is 7.15. The van der Waals surface area contributed by atoms with Crippen molar-refractivity contribution in [3.63, 3.8) is 0 Å². The molecule has 0 bridgehead atoms. The molecule has 1 aromatic heterocycles. The first-order valence-corrected chi connectivity index (χ1v) is 5.17. The first-order valence-electron chi connectivity index (χ1n) is 4.35. The fourth-order valence-electron chi connectivity index (χ4n) is 1.20. The van der Waals surface area contributed by atoms with Crippen LogP contribution < -0.4 is 4.74 Å². The highest BCUT2D eigenvalue weighted by atomic mass is 32.1. The predicted molar refractivity (Wildman–Crippen MR) is 58.3 cm³/mol. The Kier molecular flexibility index (Phi) is 2.70. The molecule has 1 heterocycles. The van der Waals surface area contributed by atoms with Gasteiger partial charge in [0.2, 0.25) is 5.01 Å².